The van der Waals surface area contributed by atoms with Gasteiger partial charge in [-0.1, -0.05) is 30.3 Å². The number of amides is 1. The second-order valence-corrected chi connectivity index (χ2v) is 15.0. The fourth-order valence-electron chi connectivity index (χ4n) is 4.16. The molecule has 1 atom stereocenters. The van der Waals surface area contributed by atoms with Gasteiger partial charge in [-0.2, -0.15) is 0 Å². The Labute approximate surface area is 267 Å². The Hall–Kier alpha value is -4.20. The smallest absolute Gasteiger partial charge is 0.416 e. The number of ether oxygens (including phenoxy) is 2. The van der Waals surface area contributed by atoms with Gasteiger partial charge in [0.05, 0.1) is 10.6 Å². The van der Waals surface area contributed by atoms with Crippen LogP contribution in [0.25, 0.3) is 10.6 Å². The summed E-state index contributed by atoms with van der Waals surface area (Å²) in [6.45, 7) is 9.93. The van der Waals surface area contributed by atoms with Crippen LogP contribution in [-0.4, -0.2) is 53.2 Å². The maximum absolute atomic E-state index is 14.0. The van der Waals surface area contributed by atoms with E-state index >= 15 is 0 Å². The Bertz CT molecular complexity index is 1700. The molecular formula is C32H37N5O6S2. The number of thiazole rings is 1. The lowest BCUT2D eigenvalue weighted by molar-refractivity contribution is -0.153. The standard InChI is InChI=1S/C32H37N5O6S2/c1-31(2,3)42-27(38)21-37(30(39)43-32(4,5)6)26-11-7-10-25(36-26)29(45(40,41)24-9-8-16-33-20-24)35-19-22-12-14-23(15-13-22)28-34-17-18-44-28/h7-18,20,29,35H,19,21H2,1-6H3. The summed E-state index contributed by atoms with van der Waals surface area (Å²) in [5.74, 6) is -0.659. The number of nitrogens with one attached hydrogen (secondary N) is 1. The summed E-state index contributed by atoms with van der Waals surface area (Å²) in [7, 11) is -4.08. The predicted molar refractivity (Wildman–Crippen MR) is 172 cm³/mol. The van der Waals surface area contributed by atoms with Crippen LogP contribution >= 0.6 is 11.3 Å². The number of anilines is 1. The van der Waals surface area contributed by atoms with Crippen molar-refractivity contribution in [1.82, 2.24) is 20.3 Å². The lowest BCUT2D eigenvalue weighted by Gasteiger charge is -2.28. The molecule has 3 aromatic heterocycles. The van der Waals surface area contributed by atoms with Crippen LogP contribution in [0, 0.1) is 0 Å². The van der Waals surface area contributed by atoms with E-state index in [1.807, 2.05) is 29.6 Å². The zero-order valence-electron chi connectivity index (χ0n) is 26.1. The molecule has 0 aliphatic carbocycles. The lowest BCUT2D eigenvalue weighted by atomic mass is 10.1. The molecule has 0 bridgehead atoms. The Morgan fingerprint density at radius 2 is 1.64 bits per heavy atom. The number of nitrogens with zero attached hydrogens (tertiary/aromatic N) is 4. The molecule has 1 amide bonds. The van der Waals surface area contributed by atoms with Gasteiger partial charge in [0, 0.05) is 36.1 Å². The van der Waals surface area contributed by atoms with Gasteiger partial charge in [-0.15, -0.1) is 11.3 Å². The third kappa shape index (κ3) is 9.40. The zero-order chi connectivity index (χ0) is 32.8. The van der Waals surface area contributed by atoms with Crippen molar-refractivity contribution >= 4 is 39.1 Å². The zero-order valence-corrected chi connectivity index (χ0v) is 27.7. The maximum Gasteiger partial charge on any atom is 0.416 e. The van der Waals surface area contributed by atoms with Crippen LogP contribution in [0.2, 0.25) is 0 Å². The molecule has 0 fully saturated rings. The Morgan fingerprint density at radius 1 is 0.933 bits per heavy atom. The molecule has 3 heterocycles. The summed E-state index contributed by atoms with van der Waals surface area (Å²) in [5, 5.41) is 4.58. The summed E-state index contributed by atoms with van der Waals surface area (Å²) >= 11 is 1.53. The normalized spacial score (nSPS) is 12.8. The van der Waals surface area contributed by atoms with E-state index in [0.717, 1.165) is 21.0 Å². The molecule has 1 N–H and O–H groups in total. The van der Waals surface area contributed by atoms with Gasteiger partial charge >= 0.3 is 12.1 Å². The topological polar surface area (TPSA) is 141 Å². The number of carbonyl (C=O) groups is 2. The minimum absolute atomic E-state index is 0.00780. The Kier molecular flexibility index (Phi) is 10.4. The molecule has 45 heavy (non-hydrogen) atoms. The number of benzene rings is 1. The van der Waals surface area contributed by atoms with Crippen molar-refractivity contribution in [2.75, 3.05) is 11.4 Å². The third-order valence-corrected chi connectivity index (χ3v) is 8.77. The van der Waals surface area contributed by atoms with Gasteiger partial charge in [-0.3, -0.25) is 20.0 Å². The fraction of sp³-hybridized carbons (Fsp3) is 0.344. The number of rotatable bonds is 10. The van der Waals surface area contributed by atoms with Crippen LogP contribution in [-0.2, 0) is 30.7 Å². The van der Waals surface area contributed by atoms with Crippen LogP contribution in [0.15, 0.2) is 83.5 Å². The van der Waals surface area contributed by atoms with E-state index in [-0.39, 0.29) is 23.0 Å². The first-order chi connectivity index (χ1) is 21.1. The van der Waals surface area contributed by atoms with Crippen molar-refractivity contribution in [2.24, 2.45) is 0 Å². The second-order valence-electron chi connectivity index (χ2n) is 12.1. The molecule has 0 aliphatic heterocycles. The van der Waals surface area contributed by atoms with Gasteiger partial charge in [-0.05, 0) is 71.4 Å². The first-order valence-electron chi connectivity index (χ1n) is 14.2. The van der Waals surface area contributed by atoms with E-state index in [2.05, 4.69) is 20.3 Å². The van der Waals surface area contributed by atoms with Crippen molar-refractivity contribution in [3.05, 3.63) is 89.8 Å². The molecule has 238 valence electrons. The van der Waals surface area contributed by atoms with Crippen LogP contribution in [0.1, 0.15) is 58.2 Å². The minimum atomic E-state index is -4.08. The van der Waals surface area contributed by atoms with Gasteiger partial charge in [0.25, 0.3) is 0 Å². The lowest BCUT2D eigenvalue weighted by Crippen LogP contribution is -2.42. The molecule has 11 nitrogen and oxygen atoms in total. The van der Waals surface area contributed by atoms with E-state index in [9.17, 15) is 18.0 Å². The first-order valence-corrected chi connectivity index (χ1v) is 16.6. The molecule has 0 saturated carbocycles. The average molecular weight is 652 g/mol. The SMILES string of the molecule is CC(C)(C)OC(=O)CN(C(=O)OC(C)(C)C)c1cccc(C(NCc2ccc(-c3nccs3)cc2)S(=O)(=O)c2cccnc2)n1. The summed E-state index contributed by atoms with van der Waals surface area (Å²) in [6.07, 6.45) is 3.66. The van der Waals surface area contributed by atoms with Crippen LogP contribution < -0.4 is 10.2 Å². The Morgan fingerprint density at radius 3 is 2.24 bits per heavy atom. The van der Waals surface area contributed by atoms with Crippen molar-refractivity contribution < 1.29 is 27.5 Å². The highest BCUT2D eigenvalue weighted by Crippen LogP contribution is 2.28. The van der Waals surface area contributed by atoms with E-state index in [1.165, 1.54) is 41.9 Å². The summed E-state index contributed by atoms with van der Waals surface area (Å²) in [4.78, 5) is 40.0. The van der Waals surface area contributed by atoms with Crippen molar-refractivity contribution in [1.29, 1.82) is 0 Å². The van der Waals surface area contributed by atoms with Crippen LogP contribution in [0.4, 0.5) is 10.6 Å². The molecule has 0 saturated heterocycles. The highest BCUT2D eigenvalue weighted by atomic mass is 32.2. The molecule has 4 rings (SSSR count). The van der Waals surface area contributed by atoms with Gasteiger partial charge in [0.1, 0.15) is 28.6 Å². The number of aromatic nitrogens is 3. The molecule has 1 aromatic carbocycles. The molecule has 4 aromatic rings. The highest BCUT2D eigenvalue weighted by Gasteiger charge is 2.33. The van der Waals surface area contributed by atoms with E-state index in [1.54, 1.807) is 59.9 Å². The van der Waals surface area contributed by atoms with Crippen molar-refractivity contribution in [3.63, 3.8) is 0 Å². The van der Waals surface area contributed by atoms with Gasteiger partial charge < -0.3 is 9.47 Å². The molecule has 0 radical (unpaired) electrons. The van der Waals surface area contributed by atoms with E-state index in [4.69, 9.17) is 9.47 Å². The fourth-order valence-corrected chi connectivity index (χ4v) is 6.31. The second kappa shape index (κ2) is 13.8. The van der Waals surface area contributed by atoms with Gasteiger partial charge in [0.2, 0.25) is 9.84 Å². The number of hydrogen-bond donors (Lipinski definition) is 1. The molecular weight excluding hydrogens is 615 g/mol. The number of carbonyl (C=O) groups excluding carboxylic acids is 2. The third-order valence-electron chi connectivity index (χ3n) is 6.02. The van der Waals surface area contributed by atoms with E-state index < -0.39 is 45.0 Å². The van der Waals surface area contributed by atoms with Crippen LogP contribution in [0.3, 0.4) is 0 Å². The molecule has 0 spiro atoms. The quantitative estimate of drug-likeness (QED) is 0.205. The monoisotopic (exact) mass is 651 g/mol. The van der Waals surface area contributed by atoms with E-state index in [0.29, 0.717) is 0 Å². The number of esters is 1. The molecule has 13 heteroatoms. The van der Waals surface area contributed by atoms with Crippen molar-refractivity contribution in [3.8, 4) is 10.6 Å². The first kappa shape index (κ1) is 33.7. The van der Waals surface area contributed by atoms with Gasteiger partial charge in [0.15, 0.2) is 5.37 Å². The maximum atomic E-state index is 14.0. The molecule has 0 aliphatic rings. The van der Waals surface area contributed by atoms with Crippen LogP contribution in [0.5, 0.6) is 0 Å². The summed E-state index contributed by atoms with van der Waals surface area (Å²) in [5.41, 5.74) is 0.225. The summed E-state index contributed by atoms with van der Waals surface area (Å²) in [6, 6.07) is 15.3. The number of hydrogen-bond acceptors (Lipinski definition) is 11. The summed E-state index contributed by atoms with van der Waals surface area (Å²) < 4.78 is 38.9. The number of pyridine rings is 2. The minimum Gasteiger partial charge on any atom is -0.459 e. The number of sulfone groups is 1. The predicted octanol–water partition coefficient (Wildman–Crippen LogP) is 5.95. The average Bonchev–Trinajstić information content (AvgIpc) is 3.50. The highest BCUT2D eigenvalue weighted by molar-refractivity contribution is 7.91. The van der Waals surface area contributed by atoms with Gasteiger partial charge in [-0.25, -0.2) is 23.2 Å². The van der Waals surface area contributed by atoms with Crippen molar-refractivity contribution in [2.45, 2.75) is 69.6 Å². The Balaban J connectivity index is 1.69. The molecule has 1 unspecified atom stereocenters. The largest absolute Gasteiger partial charge is 0.459 e.